The first-order valence-corrected chi connectivity index (χ1v) is 9.27. The van der Waals surface area contributed by atoms with Crippen molar-refractivity contribution in [2.75, 3.05) is 0 Å². The summed E-state index contributed by atoms with van der Waals surface area (Å²) in [5.74, 6) is -0.333. The molecule has 0 bridgehead atoms. The zero-order valence-corrected chi connectivity index (χ0v) is 16.4. The third-order valence-corrected chi connectivity index (χ3v) is 6.03. The van der Waals surface area contributed by atoms with Crippen LogP contribution in [0, 0.1) is 37.0 Å². The molecule has 2 aliphatic rings. The van der Waals surface area contributed by atoms with Gasteiger partial charge in [-0.1, -0.05) is 26.8 Å². The van der Waals surface area contributed by atoms with Crippen LogP contribution in [0.15, 0.2) is 29.8 Å². The van der Waals surface area contributed by atoms with Crippen molar-refractivity contribution in [3.05, 3.63) is 55.6 Å². The van der Waals surface area contributed by atoms with Crippen molar-refractivity contribution in [1.82, 2.24) is 0 Å². The number of nitro benzene ring substituents is 2. The highest BCUT2D eigenvalue weighted by molar-refractivity contribution is 5.91. The Morgan fingerprint density at radius 3 is 2.18 bits per heavy atom. The monoisotopic (exact) mass is 388 g/mol. The second-order valence-electron chi connectivity index (χ2n) is 8.85. The summed E-state index contributed by atoms with van der Waals surface area (Å²) in [6, 6.07) is 2.89. The van der Waals surface area contributed by atoms with Crippen LogP contribution in [0.1, 0.15) is 57.3 Å². The summed E-state index contributed by atoms with van der Waals surface area (Å²) in [7, 11) is 0. The van der Waals surface area contributed by atoms with Crippen molar-refractivity contribution < 1.29 is 19.4 Å². The molecule has 0 aliphatic heterocycles. The van der Waals surface area contributed by atoms with Gasteiger partial charge in [0.1, 0.15) is 6.10 Å². The molecule has 2 aliphatic carbocycles. The van der Waals surface area contributed by atoms with Gasteiger partial charge in [0.2, 0.25) is 0 Å². The number of nitro groups is 2. The van der Waals surface area contributed by atoms with E-state index in [-0.39, 0.29) is 16.4 Å². The fraction of sp³-hybridized carbons (Fsp3) is 0.550. The predicted molar refractivity (Wildman–Crippen MR) is 102 cm³/mol. The Labute approximate surface area is 162 Å². The Bertz CT molecular complexity index is 858. The fourth-order valence-corrected chi connectivity index (χ4v) is 4.47. The van der Waals surface area contributed by atoms with Gasteiger partial charge in [0.05, 0.1) is 21.5 Å². The number of fused-ring (bicyclic) bond motifs is 1. The van der Waals surface area contributed by atoms with Crippen LogP contribution in [-0.4, -0.2) is 21.9 Å². The zero-order valence-electron chi connectivity index (χ0n) is 16.4. The lowest BCUT2D eigenvalue weighted by atomic mass is 9.81. The molecule has 28 heavy (non-hydrogen) atoms. The third-order valence-electron chi connectivity index (χ3n) is 6.03. The molecule has 150 valence electrons. The topological polar surface area (TPSA) is 113 Å². The molecule has 0 spiro atoms. The lowest BCUT2D eigenvalue weighted by Crippen LogP contribution is -2.29. The number of esters is 1. The van der Waals surface area contributed by atoms with Gasteiger partial charge in [-0.2, -0.15) is 0 Å². The minimum Gasteiger partial charge on any atom is -0.454 e. The van der Waals surface area contributed by atoms with Crippen LogP contribution >= 0.6 is 0 Å². The van der Waals surface area contributed by atoms with E-state index in [0.29, 0.717) is 5.92 Å². The van der Waals surface area contributed by atoms with Crippen molar-refractivity contribution >= 4 is 17.3 Å². The Balaban J connectivity index is 1.94. The van der Waals surface area contributed by atoms with Crippen LogP contribution in [0.3, 0.4) is 0 Å². The van der Waals surface area contributed by atoms with E-state index in [2.05, 4.69) is 20.8 Å². The molecule has 3 rings (SSSR count). The molecular weight excluding hydrogens is 364 g/mol. The van der Waals surface area contributed by atoms with Gasteiger partial charge in [0, 0.05) is 17.5 Å². The number of non-ortho nitro benzene ring substituents is 2. The second-order valence-corrected chi connectivity index (χ2v) is 8.85. The lowest BCUT2D eigenvalue weighted by molar-refractivity contribution is -0.394. The van der Waals surface area contributed by atoms with E-state index < -0.39 is 33.3 Å². The standard InChI is InChI=1S/C20H24N2O6/c1-5-12-9-19(2,3)10-14-11-20(14,4)17(12)28-18(23)13-6-15(21(24)25)8-16(7-13)22(26)27/h5-8,14,17H,9-11H2,1-4H3/b12-5+/t14-,17+,20-/m1/s1. The van der Waals surface area contributed by atoms with Crippen molar-refractivity contribution in [3.8, 4) is 0 Å². The van der Waals surface area contributed by atoms with Crippen LogP contribution in [0.25, 0.3) is 0 Å². The average Bonchev–Trinajstić information content (AvgIpc) is 3.26. The number of rotatable bonds is 4. The van der Waals surface area contributed by atoms with E-state index in [0.717, 1.165) is 43.0 Å². The molecule has 0 heterocycles. The summed E-state index contributed by atoms with van der Waals surface area (Å²) in [6.45, 7) is 8.40. The molecule has 3 atom stereocenters. The minimum atomic E-state index is -0.775. The zero-order chi connectivity index (χ0) is 20.9. The Morgan fingerprint density at radius 2 is 1.68 bits per heavy atom. The first-order chi connectivity index (χ1) is 13.0. The Kier molecular flexibility index (Phi) is 4.77. The molecule has 2 fully saturated rings. The molecule has 1 aromatic carbocycles. The molecule has 2 saturated carbocycles. The summed E-state index contributed by atoms with van der Waals surface area (Å²) in [4.78, 5) is 33.5. The molecule has 0 aromatic heterocycles. The van der Waals surface area contributed by atoms with Crippen LogP contribution in [0.4, 0.5) is 11.4 Å². The minimum absolute atomic E-state index is 0.0930. The summed E-state index contributed by atoms with van der Waals surface area (Å²) in [5.41, 5.74) is -0.246. The highest BCUT2D eigenvalue weighted by Gasteiger charge is 2.60. The largest absolute Gasteiger partial charge is 0.454 e. The molecule has 0 saturated heterocycles. The van der Waals surface area contributed by atoms with Gasteiger partial charge in [-0.3, -0.25) is 20.2 Å². The second kappa shape index (κ2) is 6.68. The third kappa shape index (κ3) is 3.63. The van der Waals surface area contributed by atoms with E-state index in [1.54, 1.807) is 0 Å². The summed E-state index contributed by atoms with van der Waals surface area (Å²) < 4.78 is 5.83. The molecule has 0 amide bonds. The first-order valence-electron chi connectivity index (χ1n) is 9.27. The van der Waals surface area contributed by atoms with Gasteiger partial charge < -0.3 is 4.74 Å². The fourth-order valence-electron chi connectivity index (χ4n) is 4.47. The molecule has 8 heteroatoms. The molecule has 0 radical (unpaired) electrons. The predicted octanol–water partition coefficient (Wildman–Crippen LogP) is 4.82. The number of carbonyl (C=O) groups is 1. The van der Waals surface area contributed by atoms with Crippen LogP contribution in [-0.2, 0) is 4.74 Å². The summed E-state index contributed by atoms with van der Waals surface area (Å²) in [6.07, 6.45) is 4.32. The van der Waals surface area contributed by atoms with Gasteiger partial charge in [0.25, 0.3) is 11.4 Å². The average molecular weight is 388 g/mol. The van der Waals surface area contributed by atoms with Gasteiger partial charge in [0.15, 0.2) is 0 Å². The number of carbonyl (C=O) groups excluding carboxylic acids is 1. The maximum Gasteiger partial charge on any atom is 0.339 e. The number of allylic oxidation sites excluding steroid dienone is 1. The summed E-state index contributed by atoms with van der Waals surface area (Å²) in [5, 5.41) is 22.2. The van der Waals surface area contributed by atoms with E-state index in [4.69, 9.17) is 4.74 Å². The van der Waals surface area contributed by atoms with Gasteiger partial charge in [-0.05, 0) is 43.1 Å². The Morgan fingerprint density at radius 1 is 1.11 bits per heavy atom. The lowest BCUT2D eigenvalue weighted by Gasteiger charge is -2.28. The van der Waals surface area contributed by atoms with Gasteiger partial charge >= 0.3 is 5.97 Å². The summed E-state index contributed by atoms with van der Waals surface area (Å²) >= 11 is 0. The molecule has 0 unspecified atom stereocenters. The maximum atomic E-state index is 12.8. The first kappa shape index (κ1) is 20.0. The molecule has 1 aromatic rings. The maximum absolute atomic E-state index is 12.8. The normalized spacial score (nSPS) is 29.5. The highest BCUT2D eigenvalue weighted by atomic mass is 16.6. The SMILES string of the molecule is C/C=C1\CC(C)(C)C[C@@H]2C[C@@]2(C)[C@H]1OC(=O)c1cc([N+](=O)[O-])cc([N+](=O)[O-])c1. The molecule has 0 N–H and O–H groups in total. The van der Waals surface area contributed by atoms with Gasteiger partial charge in [-0.25, -0.2) is 4.79 Å². The highest BCUT2D eigenvalue weighted by Crippen LogP contribution is 2.64. The van der Waals surface area contributed by atoms with Crippen LogP contribution < -0.4 is 0 Å². The van der Waals surface area contributed by atoms with Crippen molar-refractivity contribution in [2.24, 2.45) is 16.7 Å². The number of benzene rings is 1. The number of hydrogen-bond acceptors (Lipinski definition) is 6. The number of ether oxygens (including phenoxy) is 1. The van der Waals surface area contributed by atoms with E-state index in [1.807, 2.05) is 13.0 Å². The van der Waals surface area contributed by atoms with E-state index >= 15 is 0 Å². The van der Waals surface area contributed by atoms with Gasteiger partial charge in [-0.15, -0.1) is 0 Å². The van der Waals surface area contributed by atoms with Crippen molar-refractivity contribution in [2.45, 2.75) is 53.1 Å². The van der Waals surface area contributed by atoms with E-state index in [1.165, 1.54) is 0 Å². The van der Waals surface area contributed by atoms with Crippen molar-refractivity contribution in [1.29, 1.82) is 0 Å². The quantitative estimate of drug-likeness (QED) is 0.316. The van der Waals surface area contributed by atoms with Crippen LogP contribution in [0.5, 0.6) is 0 Å². The molecular formula is C20H24N2O6. The molecule has 8 nitrogen and oxygen atoms in total. The Hall–Kier alpha value is -2.77. The van der Waals surface area contributed by atoms with E-state index in [9.17, 15) is 25.0 Å². The van der Waals surface area contributed by atoms with Crippen molar-refractivity contribution in [3.63, 3.8) is 0 Å². The van der Waals surface area contributed by atoms with Crippen LogP contribution in [0.2, 0.25) is 0 Å². The smallest absolute Gasteiger partial charge is 0.339 e. The number of hydrogen-bond donors (Lipinski definition) is 0. The number of nitrogens with zero attached hydrogens (tertiary/aromatic N) is 2.